The van der Waals surface area contributed by atoms with Crippen LogP contribution in [0.4, 0.5) is 5.13 Å². The molecule has 1 aromatic carbocycles. The molecule has 164 valence electrons. The molecule has 0 aliphatic heterocycles. The van der Waals surface area contributed by atoms with Crippen LogP contribution in [0.5, 0.6) is 0 Å². The molecule has 1 saturated carbocycles. The zero-order chi connectivity index (χ0) is 21.9. The van der Waals surface area contributed by atoms with Gasteiger partial charge in [-0.15, -0.1) is 15.3 Å². The van der Waals surface area contributed by atoms with Crippen molar-refractivity contribution in [3.63, 3.8) is 0 Å². The SMILES string of the molecule is O=C(Nc1nnc(CCCCc2cc3cc(C4CC4)[nH]c3nn2)s1)C(O)c1ccccc1. The van der Waals surface area contributed by atoms with Crippen molar-refractivity contribution in [2.45, 2.75) is 50.5 Å². The van der Waals surface area contributed by atoms with Gasteiger partial charge in [0.05, 0.1) is 5.69 Å². The maximum atomic E-state index is 12.2. The number of carbonyl (C=O) groups excluding carboxylic acids is 1. The molecular formula is C23H24N6O2S. The van der Waals surface area contributed by atoms with E-state index in [1.165, 1.54) is 29.9 Å². The number of aliphatic hydroxyl groups excluding tert-OH is 1. The Morgan fingerprint density at radius 3 is 2.72 bits per heavy atom. The van der Waals surface area contributed by atoms with E-state index in [1.54, 1.807) is 24.3 Å². The summed E-state index contributed by atoms with van der Waals surface area (Å²) in [6, 6.07) is 13.1. The number of anilines is 1. The van der Waals surface area contributed by atoms with E-state index < -0.39 is 12.0 Å². The van der Waals surface area contributed by atoms with Crippen molar-refractivity contribution >= 4 is 33.4 Å². The molecule has 4 aromatic rings. The summed E-state index contributed by atoms with van der Waals surface area (Å²) in [5.41, 5.74) is 3.69. The Balaban J connectivity index is 1.09. The molecule has 8 nitrogen and oxygen atoms in total. The summed E-state index contributed by atoms with van der Waals surface area (Å²) < 4.78 is 0. The lowest BCUT2D eigenvalue weighted by atomic mass is 10.1. The smallest absolute Gasteiger partial charge is 0.259 e. The first-order valence-corrected chi connectivity index (χ1v) is 11.7. The summed E-state index contributed by atoms with van der Waals surface area (Å²) in [6.45, 7) is 0. The van der Waals surface area contributed by atoms with Crippen LogP contribution in [0.25, 0.3) is 11.0 Å². The van der Waals surface area contributed by atoms with E-state index in [0.717, 1.165) is 47.4 Å². The number of amides is 1. The number of aryl methyl sites for hydroxylation is 2. The van der Waals surface area contributed by atoms with Crippen molar-refractivity contribution in [1.82, 2.24) is 25.4 Å². The van der Waals surface area contributed by atoms with Crippen LogP contribution in [0.15, 0.2) is 42.5 Å². The number of hydrogen-bond acceptors (Lipinski definition) is 7. The fourth-order valence-electron chi connectivity index (χ4n) is 3.68. The number of H-pyrrole nitrogens is 1. The molecule has 1 atom stereocenters. The molecule has 1 amide bonds. The van der Waals surface area contributed by atoms with Gasteiger partial charge in [-0.05, 0) is 55.7 Å². The highest BCUT2D eigenvalue weighted by Crippen LogP contribution is 2.40. The summed E-state index contributed by atoms with van der Waals surface area (Å²) >= 11 is 1.34. The molecule has 0 radical (unpaired) electrons. The highest BCUT2D eigenvalue weighted by Gasteiger charge is 2.25. The molecular weight excluding hydrogens is 424 g/mol. The second kappa shape index (κ2) is 9.13. The van der Waals surface area contributed by atoms with Crippen LogP contribution < -0.4 is 5.32 Å². The fraction of sp³-hybridized carbons (Fsp3) is 0.348. The number of nitrogens with zero attached hydrogens (tertiary/aromatic N) is 4. The van der Waals surface area contributed by atoms with Gasteiger partial charge in [0.2, 0.25) is 5.13 Å². The molecule has 3 heterocycles. The molecule has 1 aliphatic carbocycles. The maximum Gasteiger partial charge on any atom is 0.259 e. The largest absolute Gasteiger partial charge is 0.378 e. The summed E-state index contributed by atoms with van der Waals surface area (Å²) in [4.78, 5) is 15.6. The van der Waals surface area contributed by atoms with Crippen LogP contribution in [-0.4, -0.2) is 36.4 Å². The molecule has 3 N–H and O–H groups in total. The Bertz CT molecular complexity index is 1220. The van der Waals surface area contributed by atoms with Crippen LogP contribution in [0.3, 0.4) is 0 Å². The maximum absolute atomic E-state index is 12.2. The lowest BCUT2D eigenvalue weighted by Crippen LogP contribution is -2.20. The second-order valence-electron chi connectivity index (χ2n) is 8.15. The molecule has 9 heteroatoms. The summed E-state index contributed by atoms with van der Waals surface area (Å²) in [6.07, 6.45) is 4.83. The van der Waals surface area contributed by atoms with Gasteiger partial charge in [-0.3, -0.25) is 10.1 Å². The third-order valence-corrected chi connectivity index (χ3v) is 6.50. The highest BCUT2D eigenvalue weighted by atomic mass is 32.1. The number of aromatic amines is 1. The fourth-order valence-corrected chi connectivity index (χ4v) is 4.47. The molecule has 0 bridgehead atoms. The van der Waals surface area contributed by atoms with E-state index in [4.69, 9.17) is 0 Å². The first-order valence-electron chi connectivity index (χ1n) is 10.9. The van der Waals surface area contributed by atoms with E-state index in [-0.39, 0.29) is 0 Å². The first-order chi connectivity index (χ1) is 15.7. The molecule has 3 aromatic heterocycles. The number of carbonyl (C=O) groups is 1. The number of fused-ring (bicyclic) bond motifs is 1. The van der Waals surface area contributed by atoms with Gasteiger partial charge in [0.25, 0.3) is 5.91 Å². The molecule has 1 unspecified atom stereocenters. The Labute approximate surface area is 189 Å². The number of aliphatic hydroxyl groups is 1. The zero-order valence-corrected chi connectivity index (χ0v) is 18.3. The van der Waals surface area contributed by atoms with E-state index in [9.17, 15) is 9.90 Å². The van der Waals surface area contributed by atoms with Crippen molar-refractivity contribution in [3.8, 4) is 0 Å². The summed E-state index contributed by atoms with van der Waals surface area (Å²) in [5, 5.41) is 32.1. The topological polar surface area (TPSA) is 117 Å². The summed E-state index contributed by atoms with van der Waals surface area (Å²) in [7, 11) is 0. The average molecular weight is 449 g/mol. The molecule has 1 aliphatic rings. The first kappa shape index (κ1) is 20.7. The zero-order valence-electron chi connectivity index (χ0n) is 17.5. The predicted molar refractivity (Wildman–Crippen MR) is 122 cm³/mol. The normalized spacial score (nSPS) is 14.5. The molecule has 32 heavy (non-hydrogen) atoms. The number of unbranched alkanes of at least 4 members (excludes halogenated alkanes) is 1. The van der Waals surface area contributed by atoms with Gasteiger partial charge in [0.1, 0.15) is 5.01 Å². The average Bonchev–Trinajstić information content (AvgIpc) is 3.43. The van der Waals surface area contributed by atoms with Crippen molar-refractivity contribution < 1.29 is 9.90 Å². The Morgan fingerprint density at radius 1 is 1.09 bits per heavy atom. The number of rotatable bonds is 9. The monoisotopic (exact) mass is 448 g/mol. The molecule has 5 rings (SSSR count). The van der Waals surface area contributed by atoms with Gasteiger partial charge in [-0.25, -0.2) is 0 Å². The third kappa shape index (κ3) is 4.84. The minimum atomic E-state index is -1.23. The van der Waals surface area contributed by atoms with Gasteiger partial charge in [0.15, 0.2) is 11.8 Å². The minimum absolute atomic E-state index is 0.398. The van der Waals surface area contributed by atoms with Gasteiger partial charge in [0, 0.05) is 17.5 Å². The van der Waals surface area contributed by atoms with E-state index in [1.807, 2.05) is 6.07 Å². The predicted octanol–water partition coefficient (Wildman–Crippen LogP) is 3.92. The third-order valence-electron chi connectivity index (χ3n) is 5.60. The van der Waals surface area contributed by atoms with Crippen LogP contribution in [-0.2, 0) is 17.6 Å². The van der Waals surface area contributed by atoms with Crippen LogP contribution >= 0.6 is 11.3 Å². The molecule has 0 saturated heterocycles. The lowest BCUT2D eigenvalue weighted by molar-refractivity contribution is -0.124. The number of hydrogen-bond donors (Lipinski definition) is 3. The number of benzene rings is 1. The Hall–Kier alpha value is -3.17. The highest BCUT2D eigenvalue weighted by molar-refractivity contribution is 7.15. The standard InChI is InChI=1S/C23H24N6O2S/c30-20(15-6-2-1-3-7-15)22(31)25-23-29-27-19(32-23)9-5-4-8-17-12-16-13-18(14-10-11-14)24-21(16)28-26-17/h1-3,6-7,12-14,20,30H,4-5,8-11H2,(H,24,28)(H,25,29,31). The van der Waals surface area contributed by atoms with Crippen molar-refractivity contribution in [3.05, 3.63) is 64.4 Å². The Morgan fingerprint density at radius 2 is 1.91 bits per heavy atom. The molecule has 1 fully saturated rings. The van der Waals surface area contributed by atoms with Crippen molar-refractivity contribution in [1.29, 1.82) is 0 Å². The van der Waals surface area contributed by atoms with Crippen molar-refractivity contribution in [2.75, 3.05) is 5.32 Å². The quantitative estimate of drug-likeness (QED) is 0.334. The Kier molecular flexibility index (Phi) is 5.91. The van der Waals surface area contributed by atoms with Gasteiger partial charge < -0.3 is 10.1 Å². The van der Waals surface area contributed by atoms with E-state index >= 15 is 0 Å². The number of nitrogens with one attached hydrogen (secondary N) is 2. The van der Waals surface area contributed by atoms with Crippen LogP contribution in [0.1, 0.15) is 59.7 Å². The van der Waals surface area contributed by atoms with Crippen LogP contribution in [0.2, 0.25) is 0 Å². The second-order valence-corrected chi connectivity index (χ2v) is 9.21. The van der Waals surface area contributed by atoms with Crippen molar-refractivity contribution in [2.24, 2.45) is 0 Å². The van der Waals surface area contributed by atoms with Gasteiger partial charge in [-0.2, -0.15) is 5.10 Å². The van der Waals surface area contributed by atoms with E-state index in [2.05, 4.69) is 42.8 Å². The lowest BCUT2D eigenvalue weighted by Gasteiger charge is -2.09. The van der Waals surface area contributed by atoms with Crippen LogP contribution in [0, 0.1) is 0 Å². The van der Waals surface area contributed by atoms with Gasteiger partial charge in [-0.1, -0.05) is 41.7 Å². The minimum Gasteiger partial charge on any atom is -0.378 e. The molecule has 0 spiro atoms. The summed E-state index contributed by atoms with van der Waals surface area (Å²) in [5.74, 6) is 0.165. The van der Waals surface area contributed by atoms with E-state index in [0.29, 0.717) is 16.6 Å². The number of aromatic nitrogens is 5. The van der Waals surface area contributed by atoms with Gasteiger partial charge >= 0.3 is 0 Å².